The van der Waals surface area contributed by atoms with E-state index < -0.39 is 0 Å². The normalized spacial score (nSPS) is 14.0. The van der Waals surface area contributed by atoms with Crippen LogP contribution in [-0.2, 0) is 13.2 Å². The molecule has 2 aromatic carbocycles. The molecule has 35 heavy (non-hydrogen) atoms. The topological polar surface area (TPSA) is 99.4 Å². The van der Waals surface area contributed by atoms with Crippen LogP contribution >= 0.6 is 0 Å². The fourth-order valence-corrected chi connectivity index (χ4v) is 4.06. The zero-order valence-electron chi connectivity index (χ0n) is 20.4. The van der Waals surface area contributed by atoms with Gasteiger partial charge >= 0.3 is 0 Å². The number of hydrogen-bond donors (Lipinski definition) is 0. The quantitative estimate of drug-likeness (QED) is 0.456. The molecule has 1 aliphatic rings. The van der Waals surface area contributed by atoms with Gasteiger partial charge in [0.15, 0.2) is 18.1 Å². The molecule has 1 aromatic heterocycles. The lowest BCUT2D eigenvalue weighted by atomic mass is 10.1. The van der Waals surface area contributed by atoms with Crippen molar-refractivity contribution in [3.8, 4) is 23.0 Å². The molecule has 0 radical (unpaired) electrons. The van der Waals surface area contributed by atoms with E-state index in [-0.39, 0.29) is 12.5 Å². The number of carbonyl (C=O) groups is 1. The second-order valence-corrected chi connectivity index (χ2v) is 8.10. The maximum absolute atomic E-state index is 13.0. The number of benzene rings is 2. The number of nitrogens with zero attached hydrogens (tertiary/aromatic N) is 4. The van der Waals surface area contributed by atoms with E-state index in [1.54, 1.807) is 52.5 Å². The number of aromatic nitrogens is 2. The van der Waals surface area contributed by atoms with Crippen molar-refractivity contribution in [1.29, 1.82) is 0 Å². The Labute approximate surface area is 204 Å². The minimum Gasteiger partial charge on any atom is -0.493 e. The second-order valence-electron chi connectivity index (χ2n) is 8.10. The van der Waals surface area contributed by atoms with E-state index in [9.17, 15) is 4.79 Å². The zero-order valence-corrected chi connectivity index (χ0v) is 20.4. The van der Waals surface area contributed by atoms with Gasteiger partial charge < -0.3 is 28.4 Å². The molecule has 0 unspecified atom stereocenters. The smallest absolute Gasteiger partial charge is 0.253 e. The predicted octanol–water partition coefficient (Wildman–Crippen LogP) is 2.94. The van der Waals surface area contributed by atoms with Crippen molar-refractivity contribution < 1.29 is 28.3 Å². The highest BCUT2D eigenvalue weighted by Gasteiger charge is 2.24. The van der Waals surface area contributed by atoms with Crippen LogP contribution < -0.4 is 18.9 Å². The van der Waals surface area contributed by atoms with Crippen molar-refractivity contribution in [2.45, 2.75) is 20.1 Å². The van der Waals surface area contributed by atoms with Crippen LogP contribution in [0.4, 0.5) is 0 Å². The first-order valence-corrected chi connectivity index (χ1v) is 11.3. The van der Waals surface area contributed by atoms with E-state index in [1.165, 1.54) is 0 Å². The number of rotatable bonds is 9. The first-order valence-electron chi connectivity index (χ1n) is 11.3. The highest BCUT2D eigenvalue weighted by atomic mass is 16.5. The Morgan fingerprint density at radius 3 is 2.26 bits per heavy atom. The minimum absolute atomic E-state index is 0.00805. The number of hydrogen-bond acceptors (Lipinski definition) is 9. The van der Waals surface area contributed by atoms with E-state index in [2.05, 4.69) is 15.0 Å². The lowest BCUT2D eigenvalue weighted by molar-refractivity contribution is 0.0627. The predicted molar refractivity (Wildman–Crippen MR) is 127 cm³/mol. The summed E-state index contributed by atoms with van der Waals surface area (Å²) in [6.07, 6.45) is 0. The standard InChI is InChI=1S/C25H30N4O6/c1-17-26-22(27-35-17)16-34-20-8-5-18(6-9-20)25(30)29-13-11-28(12-14-29)15-19-7-10-21(31-2)24(33-4)23(19)32-3/h5-10H,11-16H2,1-4H3. The van der Waals surface area contributed by atoms with Crippen molar-refractivity contribution in [3.05, 3.63) is 59.2 Å². The Morgan fingerprint density at radius 2 is 1.66 bits per heavy atom. The number of aryl methyl sites for hydroxylation is 1. The molecule has 2 heterocycles. The molecule has 1 aliphatic heterocycles. The van der Waals surface area contributed by atoms with Crippen LogP contribution in [0.25, 0.3) is 0 Å². The number of carbonyl (C=O) groups excluding carboxylic acids is 1. The maximum atomic E-state index is 13.0. The number of ether oxygens (including phenoxy) is 4. The molecule has 3 aromatic rings. The molecule has 0 saturated carbocycles. The first-order chi connectivity index (χ1) is 17.0. The van der Waals surface area contributed by atoms with Gasteiger partial charge in [0.25, 0.3) is 5.91 Å². The summed E-state index contributed by atoms with van der Waals surface area (Å²) in [4.78, 5) is 21.3. The van der Waals surface area contributed by atoms with Crippen molar-refractivity contribution >= 4 is 5.91 Å². The van der Waals surface area contributed by atoms with E-state index in [0.29, 0.717) is 59.9 Å². The van der Waals surface area contributed by atoms with Crippen LogP contribution in [0.3, 0.4) is 0 Å². The van der Waals surface area contributed by atoms with Gasteiger partial charge in [-0.1, -0.05) is 11.2 Å². The molecule has 1 fully saturated rings. The molecule has 0 aliphatic carbocycles. The van der Waals surface area contributed by atoms with Gasteiger partial charge in [-0.15, -0.1) is 0 Å². The van der Waals surface area contributed by atoms with Crippen LogP contribution in [-0.4, -0.2) is 73.4 Å². The van der Waals surface area contributed by atoms with Crippen molar-refractivity contribution in [2.24, 2.45) is 0 Å². The maximum Gasteiger partial charge on any atom is 0.253 e. The van der Waals surface area contributed by atoms with Crippen LogP contribution in [0.1, 0.15) is 27.6 Å². The minimum atomic E-state index is 0.00805. The fraction of sp³-hybridized carbons (Fsp3) is 0.400. The number of methoxy groups -OCH3 is 3. The van der Waals surface area contributed by atoms with Gasteiger partial charge in [0.2, 0.25) is 17.5 Å². The SMILES string of the molecule is COc1ccc(CN2CCN(C(=O)c3ccc(OCc4noc(C)n4)cc3)CC2)c(OC)c1OC. The van der Waals surface area contributed by atoms with Gasteiger partial charge in [-0.25, -0.2) is 0 Å². The molecule has 186 valence electrons. The molecule has 1 saturated heterocycles. The molecule has 0 N–H and O–H groups in total. The lowest BCUT2D eigenvalue weighted by Gasteiger charge is -2.35. The summed E-state index contributed by atoms with van der Waals surface area (Å²) < 4.78 is 27.1. The summed E-state index contributed by atoms with van der Waals surface area (Å²) in [5.41, 5.74) is 1.64. The lowest BCUT2D eigenvalue weighted by Crippen LogP contribution is -2.48. The third kappa shape index (κ3) is 5.65. The molecule has 1 amide bonds. The van der Waals surface area contributed by atoms with E-state index >= 15 is 0 Å². The van der Waals surface area contributed by atoms with Gasteiger partial charge in [-0.3, -0.25) is 9.69 Å². The Hall–Kier alpha value is -3.79. The molecule has 4 rings (SSSR count). The van der Waals surface area contributed by atoms with Gasteiger partial charge in [0.1, 0.15) is 5.75 Å². The zero-order chi connectivity index (χ0) is 24.8. The van der Waals surface area contributed by atoms with E-state index in [4.69, 9.17) is 23.5 Å². The van der Waals surface area contributed by atoms with Crippen molar-refractivity contribution in [1.82, 2.24) is 19.9 Å². The highest BCUT2D eigenvalue weighted by Crippen LogP contribution is 2.40. The second kappa shape index (κ2) is 11.1. The molecular formula is C25H30N4O6. The van der Waals surface area contributed by atoms with Crippen LogP contribution in [0.15, 0.2) is 40.9 Å². The summed E-state index contributed by atoms with van der Waals surface area (Å²) in [6, 6.07) is 11.0. The average molecular weight is 483 g/mol. The molecule has 10 nitrogen and oxygen atoms in total. The molecule has 0 spiro atoms. The summed E-state index contributed by atoms with van der Waals surface area (Å²) in [5.74, 6) is 3.50. The number of amides is 1. The van der Waals surface area contributed by atoms with Crippen LogP contribution in [0.2, 0.25) is 0 Å². The Kier molecular flexibility index (Phi) is 7.71. The van der Waals surface area contributed by atoms with Crippen LogP contribution in [0, 0.1) is 6.92 Å². The Balaban J connectivity index is 1.31. The molecular weight excluding hydrogens is 452 g/mol. The van der Waals surface area contributed by atoms with Gasteiger partial charge in [0.05, 0.1) is 21.3 Å². The van der Waals surface area contributed by atoms with Crippen molar-refractivity contribution in [2.75, 3.05) is 47.5 Å². The highest BCUT2D eigenvalue weighted by molar-refractivity contribution is 5.94. The third-order valence-electron chi connectivity index (χ3n) is 5.88. The van der Waals surface area contributed by atoms with E-state index in [0.717, 1.165) is 18.7 Å². The van der Waals surface area contributed by atoms with Crippen molar-refractivity contribution in [3.63, 3.8) is 0 Å². The summed E-state index contributed by atoms with van der Waals surface area (Å²) in [6.45, 7) is 5.43. The third-order valence-corrected chi connectivity index (χ3v) is 5.88. The van der Waals surface area contributed by atoms with Gasteiger partial charge in [0, 0.05) is 50.8 Å². The number of piperazine rings is 1. The van der Waals surface area contributed by atoms with Crippen LogP contribution in [0.5, 0.6) is 23.0 Å². The molecule has 0 bridgehead atoms. The molecule has 10 heteroatoms. The largest absolute Gasteiger partial charge is 0.493 e. The molecule has 0 atom stereocenters. The summed E-state index contributed by atoms with van der Waals surface area (Å²) >= 11 is 0. The fourth-order valence-electron chi connectivity index (χ4n) is 4.06. The Morgan fingerprint density at radius 1 is 0.943 bits per heavy atom. The Bertz CT molecular complexity index is 1140. The van der Waals surface area contributed by atoms with Gasteiger partial charge in [-0.05, 0) is 30.3 Å². The average Bonchev–Trinajstić information content (AvgIpc) is 3.32. The summed E-state index contributed by atoms with van der Waals surface area (Å²) in [5, 5.41) is 3.80. The van der Waals surface area contributed by atoms with Gasteiger partial charge in [-0.2, -0.15) is 4.98 Å². The van der Waals surface area contributed by atoms with E-state index in [1.807, 2.05) is 17.0 Å². The first kappa shape index (κ1) is 24.3. The summed E-state index contributed by atoms with van der Waals surface area (Å²) in [7, 11) is 4.83. The monoisotopic (exact) mass is 482 g/mol.